The molecule has 1 saturated heterocycles. The highest BCUT2D eigenvalue weighted by Crippen LogP contribution is 2.23. The fraction of sp³-hybridized carbons (Fsp3) is 0.211. The van der Waals surface area contributed by atoms with Crippen LogP contribution in [0.25, 0.3) is 0 Å². The molecule has 1 aliphatic heterocycles. The number of nitrogens with one attached hydrogen (secondary N) is 2. The molecule has 0 aromatic heterocycles. The van der Waals surface area contributed by atoms with Gasteiger partial charge >= 0.3 is 0 Å². The van der Waals surface area contributed by atoms with Crippen molar-refractivity contribution < 1.29 is 14.4 Å². The summed E-state index contributed by atoms with van der Waals surface area (Å²) < 4.78 is 0. The topological polar surface area (TPSA) is 78.5 Å². The van der Waals surface area contributed by atoms with Crippen LogP contribution in [0.15, 0.2) is 48.5 Å². The molecule has 2 aromatic carbocycles. The Morgan fingerprint density at radius 2 is 1.72 bits per heavy atom. The SMILES string of the molecule is CNC(=O)c1cccc(NC(=O)c2cccc(N3CCCC3=O)c2)c1. The number of rotatable bonds is 4. The molecule has 0 atom stereocenters. The lowest BCUT2D eigenvalue weighted by Gasteiger charge is -2.16. The molecular formula is C19H19N3O3. The molecule has 6 heteroatoms. The number of hydrogen-bond acceptors (Lipinski definition) is 3. The van der Waals surface area contributed by atoms with Crippen molar-refractivity contribution in [3.63, 3.8) is 0 Å². The first kappa shape index (κ1) is 16.7. The minimum absolute atomic E-state index is 0.0795. The van der Waals surface area contributed by atoms with E-state index >= 15 is 0 Å². The zero-order valence-corrected chi connectivity index (χ0v) is 13.9. The minimum Gasteiger partial charge on any atom is -0.355 e. The third-order valence-corrected chi connectivity index (χ3v) is 4.10. The Morgan fingerprint density at radius 1 is 1.00 bits per heavy atom. The average Bonchev–Trinajstić information content (AvgIpc) is 3.07. The predicted molar refractivity (Wildman–Crippen MR) is 95.8 cm³/mol. The van der Waals surface area contributed by atoms with E-state index in [0.29, 0.717) is 29.8 Å². The third-order valence-electron chi connectivity index (χ3n) is 4.10. The Bertz CT molecular complexity index is 832. The van der Waals surface area contributed by atoms with E-state index in [0.717, 1.165) is 12.1 Å². The van der Waals surface area contributed by atoms with Gasteiger partial charge in [-0.05, 0) is 42.8 Å². The molecule has 0 unspecified atom stereocenters. The Hall–Kier alpha value is -3.15. The zero-order chi connectivity index (χ0) is 17.8. The molecule has 0 aliphatic carbocycles. The first-order valence-electron chi connectivity index (χ1n) is 8.12. The quantitative estimate of drug-likeness (QED) is 0.899. The smallest absolute Gasteiger partial charge is 0.255 e. The van der Waals surface area contributed by atoms with E-state index in [1.54, 1.807) is 54.4 Å². The van der Waals surface area contributed by atoms with E-state index in [1.165, 1.54) is 0 Å². The highest BCUT2D eigenvalue weighted by molar-refractivity contribution is 6.06. The summed E-state index contributed by atoms with van der Waals surface area (Å²) in [5, 5.41) is 5.33. The molecule has 1 heterocycles. The molecule has 0 saturated carbocycles. The van der Waals surface area contributed by atoms with Gasteiger partial charge in [0.2, 0.25) is 5.91 Å². The van der Waals surface area contributed by atoms with Crippen LogP contribution in [0.4, 0.5) is 11.4 Å². The number of benzene rings is 2. The average molecular weight is 337 g/mol. The molecule has 2 aromatic rings. The molecule has 6 nitrogen and oxygen atoms in total. The van der Waals surface area contributed by atoms with Crippen LogP contribution in [0.1, 0.15) is 33.6 Å². The van der Waals surface area contributed by atoms with Gasteiger partial charge in [0.1, 0.15) is 0 Å². The fourth-order valence-electron chi connectivity index (χ4n) is 2.82. The van der Waals surface area contributed by atoms with Gasteiger partial charge < -0.3 is 15.5 Å². The van der Waals surface area contributed by atoms with Gasteiger partial charge in [0.25, 0.3) is 11.8 Å². The molecule has 3 rings (SSSR count). The largest absolute Gasteiger partial charge is 0.355 e. The van der Waals surface area contributed by atoms with E-state index in [-0.39, 0.29) is 17.7 Å². The first-order chi connectivity index (χ1) is 12.1. The van der Waals surface area contributed by atoms with Crippen LogP contribution in [0.3, 0.4) is 0 Å². The Kier molecular flexibility index (Phi) is 4.79. The molecule has 1 fully saturated rings. The molecule has 128 valence electrons. The van der Waals surface area contributed by atoms with Crippen molar-refractivity contribution in [3.8, 4) is 0 Å². The second-order valence-electron chi connectivity index (χ2n) is 5.81. The third kappa shape index (κ3) is 3.68. The van der Waals surface area contributed by atoms with Gasteiger partial charge in [-0.3, -0.25) is 14.4 Å². The lowest BCUT2D eigenvalue weighted by atomic mass is 10.1. The van der Waals surface area contributed by atoms with Crippen LogP contribution in [0.5, 0.6) is 0 Å². The molecule has 25 heavy (non-hydrogen) atoms. The van der Waals surface area contributed by atoms with Crippen LogP contribution in [0.2, 0.25) is 0 Å². The summed E-state index contributed by atoms with van der Waals surface area (Å²) in [5.41, 5.74) is 2.20. The summed E-state index contributed by atoms with van der Waals surface area (Å²) in [4.78, 5) is 37.7. The minimum atomic E-state index is -0.289. The highest BCUT2D eigenvalue weighted by Gasteiger charge is 2.22. The van der Waals surface area contributed by atoms with Gasteiger partial charge in [0, 0.05) is 42.5 Å². The van der Waals surface area contributed by atoms with Gasteiger partial charge in [0.05, 0.1) is 0 Å². The van der Waals surface area contributed by atoms with Crippen molar-refractivity contribution in [1.82, 2.24) is 5.32 Å². The van der Waals surface area contributed by atoms with E-state index in [4.69, 9.17) is 0 Å². The number of amides is 3. The van der Waals surface area contributed by atoms with Crippen LogP contribution < -0.4 is 15.5 Å². The molecule has 2 N–H and O–H groups in total. The highest BCUT2D eigenvalue weighted by atomic mass is 16.2. The molecule has 0 radical (unpaired) electrons. The summed E-state index contributed by atoms with van der Waals surface area (Å²) in [7, 11) is 1.55. The number of nitrogens with zero attached hydrogens (tertiary/aromatic N) is 1. The van der Waals surface area contributed by atoms with E-state index in [2.05, 4.69) is 10.6 Å². The van der Waals surface area contributed by atoms with Gasteiger partial charge in [-0.2, -0.15) is 0 Å². The van der Waals surface area contributed by atoms with Crippen LogP contribution in [0, 0.1) is 0 Å². The number of hydrogen-bond donors (Lipinski definition) is 2. The van der Waals surface area contributed by atoms with Crippen molar-refractivity contribution in [2.24, 2.45) is 0 Å². The molecule has 0 spiro atoms. The van der Waals surface area contributed by atoms with E-state index in [1.807, 2.05) is 6.07 Å². The Balaban J connectivity index is 1.78. The monoisotopic (exact) mass is 337 g/mol. The lowest BCUT2D eigenvalue weighted by Crippen LogP contribution is -2.24. The molecule has 3 amide bonds. The van der Waals surface area contributed by atoms with Gasteiger partial charge in [-0.25, -0.2) is 0 Å². The first-order valence-corrected chi connectivity index (χ1v) is 8.12. The van der Waals surface area contributed by atoms with Crippen molar-refractivity contribution in [2.75, 3.05) is 23.8 Å². The Morgan fingerprint density at radius 3 is 2.40 bits per heavy atom. The number of carbonyl (C=O) groups excluding carboxylic acids is 3. The standard InChI is InChI=1S/C19H19N3O3/c1-20-18(24)13-5-2-7-15(11-13)21-19(25)14-6-3-8-16(12-14)22-10-4-9-17(22)23/h2-3,5-8,11-12H,4,9-10H2,1H3,(H,20,24)(H,21,25). The van der Waals surface area contributed by atoms with Crippen LogP contribution in [-0.2, 0) is 4.79 Å². The second-order valence-corrected chi connectivity index (χ2v) is 5.81. The van der Waals surface area contributed by atoms with E-state index < -0.39 is 0 Å². The lowest BCUT2D eigenvalue weighted by molar-refractivity contribution is -0.117. The molecule has 1 aliphatic rings. The predicted octanol–water partition coefficient (Wildman–Crippen LogP) is 2.43. The van der Waals surface area contributed by atoms with Crippen molar-refractivity contribution in [3.05, 3.63) is 59.7 Å². The number of anilines is 2. The summed E-state index contributed by atoms with van der Waals surface area (Å²) >= 11 is 0. The maximum Gasteiger partial charge on any atom is 0.255 e. The molecular weight excluding hydrogens is 318 g/mol. The van der Waals surface area contributed by atoms with Gasteiger partial charge in [-0.1, -0.05) is 12.1 Å². The normalized spacial score (nSPS) is 13.6. The zero-order valence-electron chi connectivity index (χ0n) is 13.9. The molecule has 0 bridgehead atoms. The Labute approximate surface area is 145 Å². The number of carbonyl (C=O) groups is 3. The van der Waals surface area contributed by atoms with Crippen molar-refractivity contribution in [2.45, 2.75) is 12.8 Å². The summed E-state index contributed by atoms with van der Waals surface area (Å²) in [6, 6.07) is 13.7. The van der Waals surface area contributed by atoms with Crippen LogP contribution in [-0.4, -0.2) is 31.3 Å². The maximum atomic E-state index is 12.5. The van der Waals surface area contributed by atoms with Crippen LogP contribution >= 0.6 is 0 Å². The second kappa shape index (κ2) is 7.17. The maximum absolute atomic E-state index is 12.5. The summed E-state index contributed by atoms with van der Waals surface area (Å²) in [5.74, 6) is -0.427. The van der Waals surface area contributed by atoms with Gasteiger partial charge in [0.15, 0.2) is 0 Å². The summed E-state index contributed by atoms with van der Waals surface area (Å²) in [6.45, 7) is 0.679. The summed E-state index contributed by atoms with van der Waals surface area (Å²) in [6.07, 6.45) is 1.38. The van der Waals surface area contributed by atoms with Crippen molar-refractivity contribution >= 4 is 29.1 Å². The van der Waals surface area contributed by atoms with E-state index in [9.17, 15) is 14.4 Å². The van der Waals surface area contributed by atoms with Crippen molar-refractivity contribution in [1.29, 1.82) is 0 Å². The van der Waals surface area contributed by atoms with Gasteiger partial charge in [-0.15, -0.1) is 0 Å². The fourth-order valence-corrected chi connectivity index (χ4v) is 2.82.